The van der Waals surface area contributed by atoms with Gasteiger partial charge in [-0.25, -0.2) is 9.97 Å². The lowest BCUT2D eigenvalue weighted by molar-refractivity contribution is 1.01. The van der Waals surface area contributed by atoms with Crippen molar-refractivity contribution in [3.8, 4) is 34.0 Å². The summed E-state index contributed by atoms with van der Waals surface area (Å²) in [4.78, 5) is 10.8. The van der Waals surface area contributed by atoms with Gasteiger partial charge in [0.15, 0.2) is 0 Å². The molecule has 0 saturated carbocycles. The Labute approximate surface area is 322 Å². The summed E-state index contributed by atoms with van der Waals surface area (Å²) in [6, 6.07) is 69.6. The number of rotatable bonds is 4. The van der Waals surface area contributed by atoms with Crippen LogP contribution >= 0.6 is 0 Å². The molecule has 0 N–H and O–H groups in total. The highest BCUT2D eigenvalue weighted by molar-refractivity contribution is 6.22. The van der Waals surface area contributed by atoms with Crippen molar-refractivity contribution in [2.75, 3.05) is 0 Å². The van der Waals surface area contributed by atoms with Crippen molar-refractivity contribution in [1.82, 2.24) is 19.1 Å². The Morgan fingerprint density at radius 3 is 1.73 bits per heavy atom. The van der Waals surface area contributed by atoms with E-state index in [0.717, 1.165) is 49.8 Å². The van der Waals surface area contributed by atoms with Gasteiger partial charge in [-0.05, 0) is 81.2 Å². The highest BCUT2D eigenvalue weighted by atomic mass is 15.2. The van der Waals surface area contributed by atoms with Gasteiger partial charge in [0, 0.05) is 38.2 Å². The molecule has 0 saturated heterocycles. The Kier molecular flexibility index (Phi) is 6.60. The molecule has 0 radical (unpaired) electrons. The number of para-hydroxylation sites is 3. The predicted molar refractivity (Wildman–Crippen MR) is 234 cm³/mol. The van der Waals surface area contributed by atoms with Gasteiger partial charge in [0.25, 0.3) is 0 Å². The lowest BCUT2D eigenvalue weighted by Crippen LogP contribution is -2.03. The average molecular weight is 713 g/mol. The fourth-order valence-corrected chi connectivity index (χ4v) is 9.03. The Bertz CT molecular complexity index is 3490. The van der Waals surface area contributed by atoms with E-state index in [1.165, 1.54) is 54.3 Å². The van der Waals surface area contributed by atoms with E-state index in [-0.39, 0.29) is 0 Å². The van der Waals surface area contributed by atoms with E-state index in [1.807, 2.05) is 0 Å². The maximum absolute atomic E-state index is 5.49. The Balaban J connectivity index is 1.13. The first-order valence-corrected chi connectivity index (χ1v) is 19.1. The van der Waals surface area contributed by atoms with Crippen molar-refractivity contribution in [3.05, 3.63) is 194 Å². The fraction of sp³-hybridized carbons (Fsp3) is 0. The first kappa shape index (κ1) is 30.9. The molecule has 0 atom stereocenters. The highest BCUT2D eigenvalue weighted by Crippen LogP contribution is 2.40. The number of nitrogens with zero attached hydrogens (tertiary/aromatic N) is 4. The zero-order valence-corrected chi connectivity index (χ0v) is 30.3. The number of hydrogen-bond donors (Lipinski definition) is 0. The summed E-state index contributed by atoms with van der Waals surface area (Å²) in [5.74, 6) is 0.647. The van der Waals surface area contributed by atoms with E-state index in [1.54, 1.807) is 0 Å². The zero-order chi connectivity index (χ0) is 36.7. The Morgan fingerprint density at radius 2 is 0.929 bits per heavy atom. The second-order valence-electron chi connectivity index (χ2n) is 14.6. The maximum Gasteiger partial charge on any atom is 0.235 e. The van der Waals surface area contributed by atoms with Gasteiger partial charge in [0.2, 0.25) is 5.95 Å². The van der Waals surface area contributed by atoms with Gasteiger partial charge in [-0.15, -0.1) is 0 Å². The fourth-order valence-electron chi connectivity index (χ4n) is 9.03. The SMILES string of the molecule is c1cc(-c2cccc3ccccc23)cc(-c2nc(-n3c4ccc(-n5c6ccccc6c6ccccc65)cc4c4c5ccccc5ccc43)nc3ccccc23)c1. The van der Waals surface area contributed by atoms with Crippen LogP contribution in [0.5, 0.6) is 0 Å². The summed E-state index contributed by atoms with van der Waals surface area (Å²) in [6.45, 7) is 0. The second-order valence-corrected chi connectivity index (χ2v) is 14.6. The number of fused-ring (bicyclic) bond motifs is 10. The third kappa shape index (κ3) is 4.53. The lowest BCUT2D eigenvalue weighted by Gasteiger charge is -2.13. The molecule has 0 aliphatic carbocycles. The molecule has 12 aromatic rings. The smallest absolute Gasteiger partial charge is 0.235 e. The van der Waals surface area contributed by atoms with Crippen molar-refractivity contribution in [3.63, 3.8) is 0 Å². The number of hydrogen-bond acceptors (Lipinski definition) is 2. The van der Waals surface area contributed by atoms with Crippen molar-refractivity contribution in [1.29, 1.82) is 0 Å². The molecule has 3 heterocycles. The maximum atomic E-state index is 5.49. The predicted octanol–water partition coefficient (Wildman–Crippen LogP) is 13.5. The van der Waals surface area contributed by atoms with Crippen LogP contribution < -0.4 is 0 Å². The van der Waals surface area contributed by atoms with E-state index < -0.39 is 0 Å². The molecular weight excluding hydrogens is 681 g/mol. The Hall–Kier alpha value is -7.56. The molecule has 0 amide bonds. The summed E-state index contributed by atoms with van der Waals surface area (Å²) in [5, 5.41) is 10.7. The van der Waals surface area contributed by atoms with E-state index in [4.69, 9.17) is 9.97 Å². The summed E-state index contributed by atoms with van der Waals surface area (Å²) in [6.07, 6.45) is 0. The van der Waals surface area contributed by atoms with E-state index in [0.29, 0.717) is 5.95 Å². The van der Waals surface area contributed by atoms with E-state index in [9.17, 15) is 0 Å². The van der Waals surface area contributed by atoms with E-state index >= 15 is 0 Å². The minimum absolute atomic E-state index is 0.647. The summed E-state index contributed by atoms with van der Waals surface area (Å²) in [5.41, 5.74) is 10.9. The molecular formula is C52H32N4. The quantitative estimate of drug-likeness (QED) is 0.182. The van der Waals surface area contributed by atoms with Crippen molar-refractivity contribution in [2.45, 2.75) is 0 Å². The topological polar surface area (TPSA) is 35.6 Å². The summed E-state index contributed by atoms with van der Waals surface area (Å²) < 4.78 is 4.66. The highest BCUT2D eigenvalue weighted by Gasteiger charge is 2.21. The molecule has 0 fully saturated rings. The molecule has 0 aliphatic rings. The molecule has 0 spiro atoms. The molecule has 260 valence electrons. The van der Waals surface area contributed by atoms with Crippen LogP contribution in [-0.4, -0.2) is 19.1 Å². The van der Waals surface area contributed by atoms with Gasteiger partial charge in [0.05, 0.1) is 33.3 Å². The molecule has 4 nitrogen and oxygen atoms in total. The van der Waals surface area contributed by atoms with Crippen LogP contribution in [0.15, 0.2) is 194 Å². The van der Waals surface area contributed by atoms with Crippen LogP contribution in [0.3, 0.4) is 0 Å². The molecule has 12 rings (SSSR count). The molecule has 3 aromatic heterocycles. The standard InChI is InChI=1S/C52H32N4/c1-3-18-38-33(13-1)15-12-23-39(38)35-16-11-17-36(31-35)51-43-22-5-8-24-45(43)53-52(54-51)56-48-30-28-37(32-44(48)50-40-19-4-2-14-34(40)27-29-49(50)56)55-46-25-9-6-20-41(46)42-21-7-10-26-47(42)55/h1-32H. The normalized spacial score (nSPS) is 11.9. The summed E-state index contributed by atoms with van der Waals surface area (Å²) in [7, 11) is 0. The van der Waals surface area contributed by atoms with Crippen molar-refractivity contribution in [2.24, 2.45) is 0 Å². The molecule has 0 bridgehead atoms. The average Bonchev–Trinajstić information content (AvgIpc) is 3.79. The lowest BCUT2D eigenvalue weighted by atomic mass is 9.96. The third-order valence-corrected chi connectivity index (χ3v) is 11.5. The molecule has 4 heteroatoms. The van der Waals surface area contributed by atoms with Gasteiger partial charge in [-0.2, -0.15) is 0 Å². The Morgan fingerprint density at radius 1 is 0.339 bits per heavy atom. The van der Waals surface area contributed by atoms with Gasteiger partial charge in [0.1, 0.15) is 0 Å². The summed E-state index contributed by atoms with van der Waals surface area (Å²) >= 11 is 0. The van der Waals surface area contributed by atoms with Gasteiger partial charge in [-0.3, -0.25) is 4.57 Å². The number of aromatic nitrogens is 4. The third-order valence-electron chi connectivity index (χ3n) is 11.5. The first-order chi connectivity index (χ1) is 27.8. The second kappa shape index (κ2) is 12.0. The zero-order valence-electron chi connectivity index (χ0n) is 30.3. The largest absolute Gasteiger partial charge is 0.309 e. The van der Waals surface area contributed by atoms with Gasteiger partial charge < -0.3 is 4.57 Å². The van der Waals surface area contributed by atoms with Gasteiger partial charge >= 0.3 is 0 Å². The van der Waals surface area contributed by atoms with Crippen molar-refractivity contribution >= 4 is 76.1 Å². The molecule has 0 unspecified atom stereocenters. The van der Waals surface area contributed by atoms with Crippen LogP contribution in [0.4, 0.5) is 0 Å². The van der Waals surface area contributed by atoms with Crippen LogP contribution in [-0.2, 0) is 0 Å². The van der Waals surface area contributed by atoms with Gasteiger partial charge in [-0.1, -0.05) is 146 Å². The molecule has 56 heavy (non-hydrogen) atoms. The minimum Gasteiger partial charge on any atom is -0.309 e. The van der Waals surface area contributed by atoms with Crippen LogP contribution in [0.25, 0.3) is 110 Å². The van der Waals surface area contributed by atoms with Crippen molar-refractivity contribution < 1.29 is 0 Å². The van der Waals surface area contributed by atoms with Crippen LogP contribution in [0.1, 0.15) is 0 Å². The van der Waals surface area contributed by atoms with E-state index in [2.05, 4.69) is 203 Å². The van der Waals surface area contributed by atoms with Crippen LogP contribution in [0.2, 0.25) is 0 Å². The number of benzene rings is 9. The van der Waals surface area contributed by atoms with Crippen LogP contribution in [0, 0.1) is 0 Å². The minimum atomic E-state index is 0.647. The molecule has 0 aliphatic heterocycles. The molecule has 9 aromatic carbocycles. The first-order valence-electron chi connectivity index (χ1n) is 19.1. The monoisotopic (exact) mass is 712 g/mol.